The standard InChI is InChI=1S/C12H3F21O11/c1-35-2(34)3(13,14)36-5(18,19)38-7(22,23)40-9(26,27)42-11(30,31)44-12(32,33)43-10(28,29)41-8(24,25)39-6(20,21)37-4(15,16)17/h1H3. The normalized spacial score (nSPS) is 15.5. The Hall–Kier alpha value is -2.36. The Bertz CT molecular complexity index is 967. The van der Waals surface area contributed by atoms with Crippen molar-refractivity contribution in [2.75, 3.05) is 7.11 Å². The van der Waals surface area contributed by atoms with Gasteiger partial charge in [-0.05, 0) is 0 Å². The fraction of sp³-hybridized carbons (Fsp3) is 0.917. The number of carbonyl (C=O) groups excluding carboxylic acids is 1. The number of esters is 1. The third kappa shape index (κ3) is 16.6. The van der Waals surface area contributed by atoms with Gasteiger partial charge in [0.1, 0.15) is 0 Å². The lowest BCUT2D eigenvalue weighted by atomic mass is 10.6. The predicted octanol–water partition coefficient (Wildman–Crippen LogP) is 5.82. The van der Waals surface area contributed by atoms with E-state index in [-0.39, 0.29) is 7.11 Å². The molecule has 0 aromatic heterocycles. The zero-order chi connectivity index (χ0) is 35.6. The van der Waals surface area contributed by atoms with Crippen LogP contribution in [0.1, 0.15) is 0 Å². The molecule has 0 unspecified atom stereocenters. The second-order valence-corrected chi connectivity index (χ2v) is 6.08. The van der Waals surface area contributed by atoms with Crippen molar-refractivity contribution in [3.05, 3.63) is 0 Å². The summed E-state index contributed by atoms with van der Waals surface area (Å²) in [5.74, 6) is -3.07. The van der Waals surface area contributed by atoms with E-state index in [2.05, 4.69) is 9.47 Å². The first kappa shape index (κ1) is 41.6. The van der Waals surface area contributed by atoms with E-state index in [9.17, 15) is 97.0 Å². The average Bonchev–Trinajstić information content (AvgIpc) is 2.55. The zero-order valence-corrected chi connectivity index (χ0v) is 18.9. The number of halogens is 21. The summed E-state index contributed by atoms with van der Waals surface area (Å²) < 4.78 is 286. The largest absolute Gasteiger partial charge is 0.529 e. The maximum atomic E-state index is 13.1. The molecule has 0 spiro atoms. The second kappa shape index (κ2) is 12.8. The molecule has 0 amide bonds. The maximum Gasteiger partial charge on any atom is 0.529 e. The van der Waals surface area contributed by atoms with Crippen LogP contribution in [-0.2, 0) is 52.2 Å². The summed E-state index contributed by atoms with van der Waals surface area (Å²) >= 11 is 0. The van der Waals surface area contributed by atoms with E-state index in [1.54, 1.807) is 33.2 Å². The van der Waals surface area contributed by atoms with Crippen molar-refractivity contribution in [1.29, 1.82) is 0 Å². The van der Waals surface area contributed by atoms with Crippen molar-refractivity contribution < 1.29 is 144 Å². The van der Waals surface area contributed by atoms with Gasteiger partial charge in [0.2, 0.25) is 0 Å². The van der Waals surface area contributed by atoms with Crippen LogP contribution in [0.5, 0.6) is 0 Å². The third-order valence-electron chi connectivity index (χ3n) is 2.57. The number of alkyl halides is 21. The van der Waals surface area contributed by atoms with Crippen LogP contribution in [0.3, 0.4) is 0 Å². The highest BCUT2D eigenvalue weighted by atomic mass is 19.4. The minimum atomic E-state index is -7.09. The fourth-order valence-electron chi connectivity index (χ4n) is 1.58. The molecule has 0 N–H and O–H groups in total. The minimum absolute atomic E-state index is 0.0718. The summed E-state index contributed by atoms with van der Waals surface area (Å²) in [5.41, 5.74) is 0. The lowest BCUT2D eigenvalue weighted by Gasteiger charge is -2.30. The quantitative estimate of drug-likeness (QED) is 0.0970. The molecule has 0 rings (SSSR count). The molecule has 0 saturated carbocycles. The molecule has 0 radical (unpaired) electrons. The smallest absolute Gasteiger partial charge is 0.463 e. The Kier molecular flexibility index (Phi) is 12.1. The Labute approximate surface area is 222 Å². The number of methoxy groups -OCH3 is 1. The highest BCUT2D eigenvalue weighted by molar-refractivity contribution is 5.75. The Morgan fingerprint density at radius 3 is 0.705 bits per heavy atom. The average molecular weight is 722 g/mol. The topological polar surface area (TPSA) is 109 Å². The van der Waals surface area contributed by atoms with Crippen molar-refractivity contribution in [1.82, 2.24) is 0 Å². The Morgan fingerprint density at radius 1 is 0.341 bits per heavy atom. The molecule has 0 bridgehead atoms. The molecule has 0 atom stereocenters. The lowest BCUT2D eigenvalue weighted by molar-refractivity contribution is -0.648. The summed E-state index contributed by atoms with van der Waals surface area (Å²) in [6.07, 6.45) is -67.8. The molecule has 0 fully saturated rings. The predicted molar refractivity (Wildman–Crippen MR) is 72.4 cm³/mol. The van der Waals surface area contributed by atoms with Crippen molar-refractivity contribution in [2.45, 2.75) is 62.8 Å². The monoisotopic (exact) mass is 722 g/mol. The van der Waals surface area contributed by atoms with Crippen molar-refractivity contribution in [3.63, 3.8) is 0 Å². The van der Waals surface area contributed by atoms with Crippen LogP contribution < -0.4 is 0 Å². The number of carbonyl (C=O) groups is 1. The summed E-state index contributed by atoms with van der Waals surface area (Å²) in [6.45, 7) is 0. The molecular formula is C12H3F21O11. The van der Waals surface area contributed by atoms with Crippen LogP contribution in [0.2, 0.25) is 0 Å². The molecule has 264 valence electrons. The lowest BCUT2D eigenvalue weighted by Crippen LogP contribution is -2.50. The van der Waals surface area contributed by atoms with E-state index >= 15 is 0 Å². The molecule has 44 heavy (non-hydrogen) atoms. The van der Waals surface area contributed by atoms with Gasteiger partial charge in [-0.2, -0.15) is 13.5 Å². The molecule has 0 aliphatic carbocycles. The Morgan fingerprint density at radius 2 is 0.523 bits per heavy atom. The zero-order valence-electron chi connectivity index (χ0n) is 18.9. The Balaban J connectivity index is 5.51. The van der Waals surface area contributed by atoms with Gasteiger partial charge in [-0.15, -0.1) is 83.4 Å². The minimum Gasteiger partial charge on any atom is -0.463 e. The first-order chi connectivity index (χ1) is 18.8. The molecule has 0 aliphatic rings. The van der Waals surface area contributed by atoms with Gasteiger partial charge in [-0.1, -0.05) is 0 Å². The van der Waals surface area contributed by atoms with Crippen LogP contribution in [0, 0.1) is 0 Å². The first-order valence-corrected chi connectivity index (χ1v) is 8.71. The van der Waals surface area contributed by atoms with Crippen LogP contribution in [0.15, 0.2) is 0 Å². The van der Waals surface area contributed by atoms with Crippen molar-refractivity contribution in [3.8, 4) is 0 Å². The van der Waals surface area contributed by atoms with Gasteiger partial charge in [0.15, 0.2) is 0 Å². The van der Waals surface area contributed by atoms with Gasteiger partial charge in [-0.25, -0.2) is 42.7 Å². The van der Waals surface area contributed by atoms with Crippen molar-refractivity contribution >= 4 is 5.97 Å². The van der Waals surface area contributed by atoms with Crippen LogP contribution >= 0.6 is 0 Å². The van der Waals surface area contributed by atoms with E-state index in [1.165, 1.54) is 0 Å². The van der Waals surface area contributed by atoms with Crippen LogP contribution in [0.25, 0.3) is 0 Å². The number of rotatable bonds is 18. The molecule has 0 aliphatic heterocycles. The molecule has 32 heteroatoms. The molecule has 0 heterocycles. The van der Waals surface area contributed by atoms with E-state index in [0.717, 1.165) is 0 Å². The summed E-state index contributed by atoms with van der Waals surface area (Å²) in [5, 5.41) is 0. The summed E-state index contributed by atoms with van der Waals surface area (Å²) in [6, 6.07) is 0. The highest BCUT2D eigenvalue weighted by Gasteiger charge is 2.65. The van der Waals surface area contributed by atoms with E-state index in [1.807, 2.05) is 4.74 Å². The molecule has 11 nitrogen and oxygen atoms in total. The molecular weight excluding hydrogens is 719 g/mol. The summed E-state index contributed by atoms with van der Waals surface area (Å²) in [4.78, 5) is 10.4. The van der Waals surface area contributed by atoms with Crippen molar-refractivity contribution in [2.24, 2.45) is 0 Å². The third-order valence-corrected chi connectivity index (χ3v) is 2.57. The van der Waals surface area contributed by atoms with Crippen LogP contribution in [0.4, 0.5) is 92.2 Å². The first-order valence-electron chi connectivity index (χ1n) is 8.71. The highest BCUT2D eigenvalue weighted by Crippen LogP contribution is 2.43. The van der Waals surface area contributed by atoms with Gasteiger partial charge in [0, 0.05) is 0 Å². The van der Waals surface area contributed by atoms with Gasteiger partial charge >= 0.3 is 68.8 Å². The number of hydrogen-bond acceptors (Lipinski definition) is 11. The van der Waals surface area contributed by atoms with Gasteiger partial charge in [0.05, 0.1) is 7.11 Å². The SMILES string of the molecule is COC(=O)C(F)(F)OC(F)(F)OC(F)(F)OC(F)(F)OC(F)(F)OC(F)(F)OC(F)(F)OC(F)(F)OC(F)(F)OC(F)(F)F. The van der Waals surface area contributed by atoms with Crippen LogP contribution in [-0.4, -0.2) is 75.9 Å². The van der Waals surface area contributed by atoms with Gasteiger partial charge in [0.25, 0.3) is 0 Å². The van der Waals surface area contributed by atoms with Gasteiger partial charge < -0.3 is 4.74 Å². The number of ether oxygens (including phenoxy) is 10. The molecule has 0 aromatic rings. The molecule has 0 aromatic carbocycles. The molecule has 0 saturated heterocycles. The maximum absolute atomic E-state index is 13.1. The van der Waals surface area contributed by atoms with E-state index in [4.69, 9.17) is 0 Å². The fourth-order valence-corrected chi connectivity index (χ4v) is 1.58. The number of hydrogen-bond donors (Lipinski definition) is 0. The van der Waals surface area contributed by atoms with E-state index in [0.29, 0.717) is 0 Å². The van der Waals surface area contributed by atoms with Gasteiger partial charge in [-0.3, -0.25) is 0 Å². The summed E-state index contributed by atoms with van der Waals surface area (Å²) in [7, 11) is 0.0718. The second-order valence-electron chi connectivity index (χ2n) is 6.08. The van der Waals surface area contributed by atoms with E-state index < -0.39 is 68.8 Å².